The fourth-order valence-corrected chi connectivity index (χ4v) is 2.74. The zero-order valence-corrected chi connectivity index (χ0v) is 12.3. The Morgan fingerprint density at radius 3 is 2.80 bits per heavy atom. The lowest BCUT2D eigenvalue weighted by molar-refractivity contribution is 0.0701. The number of aliphatic hydroxyl groups is 1. The number of aliphatic hydroxyl groups excluding tert-OH is 1. The lowest BCUT2D eigenvalue weighted by atomic mass is 9.92. The number of anilines is 1. The van der Waals surface area contributed by atoms with Crippen molar-refractivity contribution in [2.24, 2.45) is 5.92 Å². The van der Waals surface area contributed by atoms with Crippen LogP contribution < -0.4 is 10.5 Å². The lowest BCUT2D eigenvalue weighted by Gasteiger charge is -2.33. The fourth-order valence-electron chi connectivity index (χ4n) is 2.74. The molecule has 3 N–H and O–H groups in total. The van der Waals surface area contributed by atoms with Gasteiger partial charge in [-0.3, -0.25) is 0 Å². The Kier molecular flexibility index (Phi) is 5.68. The number of nitrogens with two attached hydrogens (primary N) is 1. The van der Waals surface area contributed by atoms with Crippen molar-refractivity contribution in [3.05, 3.63) is 24.3 Å². The zero-order chi connectivity index (χ0) is 14.4. The molecular formula is C16H26N2O2. The number of hydrogen-bond acceptors (Lipinski definition) is 4. The van der Waals surface area contributed by atoms with Gasteiger partial charge in [-0.15, -0.1) is 0 Å². The highest BCUT2D eigenvalue weighted by Crippen LogP contribution is 2.20. The van der Waals surface area contributed by atoms with E-state index < -0.39 is 0 Å². The van der Waals surface area contributed by atoms with Crippen LogP contribution in [-0.4, -0.2) is 42.4 Å². The van der Waals surface area contributed by atoms with E-state index in [2.05, 4.69) is 4.90 Å². The fraction of sp³-hybridized carbons (Fsp3) is 0.625. The maximum absolute atomic E-state index is 9.58. The molecule has 1 aromatic rings. The Morgan fingerprint density at radius 1 is 1.40 bits per heavy atom. The number of rotatable bonds is 6. The molecular weight excluding hydrogens is 252 g/mol. The molecule has 0 spiro atoms. The molecule has 1 aliphatic heterocycles. The van der Waals surface area contributed by atoms with Gasteiger partial charge in [-0.2, -0.15) is 0 Å². The lowest BCUT2D eigenvalue weighted by Crippen LogP contribution is -2.37. The van der Waals surface area contributed by atoms with E-state index in [1.165, 1.54) is 0 Å². The van der Waals surface area contributed by atoms with Gasteiger partial charge in [0.2, 0.25) is 0 Å². The molecule has 1 aliphatic rings. The van der Waals surface area contributed by atoms with Gasteiger partial charge in [-0.25, -0.2) is 0 Å². The third-order valence-corrected chi connectivity index (χ3v) is 4.06. The molecule has 0 aliphatic carbocycles. The average Bonchev–Trinajstić information content (AvgIpc) is 2.44. The summed E-state index contributed by atoms with van der Waals surface area (Å²) >= 11 is 0. The predicted octanol–water partition coefficient (Wildman–Crippen LogP) is 2.13. The average molecular weight is 278 g/mol. The first kappa shape index (κ1) is 15.1. The van der Waals surface area contributed by atoms with Gasteiger partial charge in [0.1, 0.15) is 5.75 Å². The van der Waals surface area contributed by atoms with Crippen molar-refractivity contribution in [2.45, 2.75) is 32.3 Å². The molecule has 1 atom stereocenters. The summed E-state index contributed by atoms with van der Waals surface area (Å²) < 4.78 is 5.69. The van der Waals surface area contributed by atoms with E-state index in [0.29, 0.717) is 5.92 Å². The standard InChI is InChI=1S/C16H26N2O2/c1-13(19)14-6-9-18(10-7-14)8-3-11-20-16-5-2-4-15(17)12-16/h2,4-5,12-14,19H,3,6-11,17H2,1H3. The third-order valence-electron chi connectivity index (χ3n) is 4.06. The molecule has 20 heavy (non-hydrogen) atoms. The van der Waals surface area contributed by atoms with E-state index in [4.69, 9.17) is 10.5 Å². The molecule has 0 amide bonds. The molecule has 1 unspecified atom stereocenters. The maximum atomic E-state index is 9.58. The number of piperidine rings is 1. The smallest absolute Gasteiger partial charge is 0.121 e. The molecule has 4 heteroatoms. The van der Waals surface area contributed by atoms with Gasteiger partial charge in [0.15, 0.2) is 0 Å². The van der Waals surface area contributed by atoms with Crippen molar-refractivity contribution >= 4 is 5.69 Å². The van der Waals surface area contributed by atoms with Gasteiger partial charge in [0.05, 0.1) is 12.7 Å². The van der Waals surface area contributed by atoms with E-state index in [-0.39, 0.29) is 6.10 Å². The maximum Gasteiger partial charge on any atom is 0.121 e. The minimum Gasteiger partial charge on any atom is -0.493 e. The number of nitrogens with zero attached hydrogens (tertiary/aromatic N) is 1. The summed E-state index contributed by atoms with van der Waals surface area (Å²) in [6.07, 6.45) is 3.07. The van der Waals surface area contributed by atoms with Crippen molar-refractivity contribution in [2.75, 3.05) is 32.0 Å². The van der Waals surface area contributed by atoms with Crippen LogP contribution in [0.2, 0.25) is 0 Å². The summed E-state index contributed by atoms with van der Waals surface area (Å²) in [5, 5.41) is 9.58. The Morgan fingerprint density at radius 2 is 2.15 bits per heavy atom. The SMILES string of the molecule is CC(O)C1CCN(CCCOc2cccc(N)c2)CC1. The van der Waals surface area contributed by atoms with Crippen LogP contribution in [0.3, 0.4) is 0 Å². The van der Waals surface area contributed by atoms with Crippen LogP contribution in [0.15, 0.2) is 24.3 Å². The van der Waals surface area contributed by atoms with E-state index >= 15 is 0 Å². The van der Waals surface area contributed by atoms with Gasteiger partial charge in [0.25, 0.3) is 0 Å². The van der Waals surface area contributed by atoms with Gasteiger partial charge in [-0.1, -0.05) is 6.07 Å². The van der Waals surface area contributed by atoms with Crippen LogP contribution >= 0.6 is 0 Å². The summed E-state index contributed by atoms with van der Waals surface area (Å²) in [7, 11) is 0. The number of hydrogen-bond donors (Lipinski definition) is 2. The van der Waals surface area contributed by atoms with E-state index in [1.54, 1.807) is 0 Å². The van der Waals surface area contributed by atoms with Crippen LogP contribution in [0.1, 0.15) is 26.2 Å². The highest BCUT2D eigenvalue weighted by molar-refractivity contribution is 5.43. The van der Waals surface area contributed by atoms with Gasteiger partial charge in [-0.05, 0) is 57.3 Å². The van der Waals surface area contributed by atoms with E-state index in [0.717, 1.165) is 56.9 Å². The number of nitrogen functional groups attached to an aromatic ring is 1. The first-order valence-corrected chi connectivity index (χ1v) is 7.54. The Labute approximate surface area is 121 Å². The summed E-state index contributed by atoms with van der Waals surface area (Å²) in [4.78, 5) is 2.46. The first-order valence-electron chi connectivity index (χ1n) is 7.54. The van der Waals surface area contributed by atoms with Crippen molar-refractivity contribution in [1.29, 1.82) is 0 Å². The minimum absolute atomic E-state index is 0.163. The monoisotopic (exact) mass is 278 g/mol. The topological polar surface area (TPSA) is 58.7 Å². The molecule has 1 aromatic carbocycles. The normalized spacial score (nSPS) is 18.9. The van der Waals surface area contributed by atoms with Gasteiger partial charge < -0.3 is 20.5 Å². The second-order valence-corrected chi connectivity index (χ2v) is 5.69. The molecule has 112 valence electrons. The number of likely N-dealkylation sites (tertiary alicyclic amines) is 1. The number of ether oxygens (including phenoxy) is 1. The molecule has 2 rings (SSSR count). The number of benzene rings is 1. The molecule has 1 saturated heterocycles. The van der Waals surface area contributed by atoms with Crippen LogP contribution in [0.25, 0.3) is 0 Å². The molecule has 0 radical (unpaired) electrons. The summed E-state index contributed by atoms with van der Waals surface area (Å²) in [6, 6.07) is 7.56. The molecule has 0 aromatic heterocycles. The van der Waals surface area contributed by atoms with Crippen molar-refractivity contribution in [3.63, 3.8) is 0 Å². The Balaban J connectivity index is 1.60. The zero-order valence-electron chi connectivity index (χ0n) is 12.3. The van der Waals surface area contributed by atoms with Crippen molar-refractivity contribution < 1.29 is 9.84 Å². The summed E-state index contributed by atoms with van der Waals surface area (Å²) in [5.74, 6) is 1.33. The Bertz CT molecular complexity index is 401. The molecule has 0 saturated carbocycles. The molecule has 4 nitrogen and oxygen atoms in total. The Hall–Kier alpha value is -1.26. The van der Waals surface area contributed by atoms with E-state index in [9.17, 15) is 5.11 Å². The molecule has 1 heterocycles. The van der Waals surface area contributed by atoms with Gasteiger partial charge >= 0.3 is 0 Å². The largest absolute Gasteiger partial charge is 0.493 e. The molecule has 0 bridgehead atoms. The van der Waals surface area contributed by atoms with Gasteiger partial charge in [0, 0.05) is 18.3 Å². The van der Waals surface area contributed by atoms with Crippen LogP contribution in [0.4, 0.5) is 5.69 Å². The second kappa shape index (κ2) is 7.50. The van der Waals surface area contributed by atoms with E-state index in [1.807, 2.05) is 31.2 Å². The first-order chi connectivity index (χ1) is 9.65. The van der Waals surface area contributed by atoms with Crippen LogP contribution in [0, 0.1) is 5.92 Å². The molecule has 1 fully saturated rings. The summed E-state index contributed by atoms with van der Waals surface area (Å²) in [6.45, 7) is 5.87. The second-order valence-electron chi connectivity index (χ2n) is 5.69. The highest BCUT2D eigenvalue weighted by atomic mass is 16.5. The highest BCUT2D eigenvalue weighted by Gasteiger charge is 2.21. The third kappa shape index (κ3) is 4.69. The van der Waals surface area contributed by atoms with Crippen LogP contribution in [0.5, 0.6) is 5.75 Å². The predicted molar refractivity (Wildman–Crippen MR) is 81.8 cm³/mol. The van der Waals surface area contributed by atoms with Crippen LogP contribution in [-0.2, 0) is 0 Å². The van der Waals surface area contributed by atoms with Crippen molar-refractivity contribution in [3.8, 4) is 5.75 Å². The minimum atomic E-state index is -0.163. The van der Waals surface area contributed by atoms with Crippen molar-refractivity contribution in [1.82, 2.24) is 4.90 Å². The summed E-state index contributed by atoms with van der Waals surface area (Å²) in [5.41, 5.74) is 6.45. The quantitative estimate of drug-likeness (QED) is 0.618.